The first-order valence-corrected chi connectivity index (χ1v) is 7.18. The molecule has 0 aromatic heterocycles. The maximum absolute atomic E-state index is 12.3. The van der Waals surface area contributed by atoms with Gasteiger partial charge in [0, 0.05) is 13.2 Å². The summed E-state index contributed by atoms with van der Waals surface area (Å²) in [6.07, 6.45) is 2.64. The lowest BCUT2D eigenvalue weighted by atomic mass is 10.0. The van der Waals surface area contributed by atoms with Crippen LogP contribution in [0.1, 0.15) is 36.4 Å². The average Bonchev–Trinajstić information content (AvgIpc) is 2.40. The summed E-state index contributed by atoms with van der Waals surface area (Å²) < 4.78 is 0. The molecule has 112 valence electrons. The third-order valence-corrected chi connectivity index (χ3v) is 3.29. The van der Waals surface area contributed by atoms with Crippen molar-refractivity contribution in [2.45, 2.75) is 32.2 Å². The van der Waals surface area contributed by atoms with Crippen LogP contribution in [-0.4, -0.2) is 43.2 Å². The number of carbonyl (C=O) groups excluding carboxylic acids is 1. The predicted molar refractivity (Wildman–Crippen MR) is 81.6 cm³/mol. The highest BCUT2D eigenvalue weighted by Crippen LogP contribution is 2.18. The van der Waals surface area contributed by atoms with Gasteiger partial charge >= 0.3 is 0 Å². The molecule has 0 fully saturated rings. The highest BCUT2D eigenvalue weighted by Gasteiger charge is 2.22. The summed E-state index contributed by atoms with van der Waals surface area (Å²) in [5.41, 5.74) is 2.20. The van der Waals surface area contributed by atoms with Crippen molar-refractivity contribution in [1.29, 1.82) is 0 Å². The topological polar surface area (TPSA) is 52.6 Å². The molecule has 0 radical (unpaired) electrons. The van der Waals surface area contributed by atoms with Gasteiger partial charge < -0.3 is 10.4 Å². The van der Waals surface area contributed by atoms with Crippen molar-refractivity contribution in [3.8, 4) is 0 Å². The first-order chi connectivity index (χ1) is 9.56. The second kappa shape index (κ2) is 8.72. The molecule has 0 saturated heterocycles. The van der Waals surface area contributed by atoms with Gasteiger partial charge in [-0.3, -0.25) is 9.69 Å². The van der Waals surface area contributed by atoms with Crippen LogP contribution in [0.4, 0.5) is 0 Å². The number of aliphatic hydroxyl groups excluding tert-OH is 1. The molecule has 4 heteroatoms. The fraction of sp³-hybridized carbons (Fsp3) is 0.562. The lowest BCUT2D eigenvalue weighted by molar-refractivity contribution is -0.125. The van der Waals surface area contributed by atoms with E-state index in [1.807, 2.05) is 50.2 Å². The summed E-state index contributed by atoms with van der Waals surface area (Å²) in [7, 11) is 3.83. The van der Waals surface area contributed by atoms with Crippen molar-refractivity contribution < 1.29 is 9.90 Å². The monoisotopic (exact) mass is 278 g/mol. The zero-order valence-electron chi connectivity index (χ0n) is 12.7. The second-order valence-corrected chi connectivity index (χ2v) is 5.35. The summed E-state index contributed by atoms with van der Waals surface area (Å²) in [4.78, 5) is 14.2. The Balaban J connectivity index is 2.57. The number of aliphatic hydroxyl groups is 1. The summed E-state index contributed by atoms with van der Waals surface area (Å²) in [6, 6.07) is 7.81. The number of benzene rings is 1. The Morgan fingerprint density at radius 1 is 1.20 bits per heavy atom. The van der Waals surface area contributed by atoms with Crippen LogP contribution in [0.3, 0.4) is 0 Å². The van der Waals surface area contributed by atoms with Crippen molar-refractivity contribution >= 4 is 5.91 Å². The van der Waals surface area contributed by atoms with Gasteiger partial charge in [-0.2, -0.15) is 0 Å². The number of rotatable bonds is 8. The number of hydrogen-bond donors (Lipinski definition) is 2. The number of nitrogens with one attached hydrogen (secondary N) is 1. The number of unbranched alkanes of at least 4 members (excludes halogenated alkanes) is 2. The molecule has 0 bridgehead atoms. The molecule has 0 aliphatic heterocycles. The minimum atomic E-state index is -0.256. The molecule has 0 heterocycles. The van der Waals surface area contributed by atoms with Gasteiger partial charge in [-0.05, 0) is 45.8 Å². The molecule has 0 aliphatic rings. The molecule has 0 unspecified atom stereocenters. The number of aryl methyl sites for hydroxylation is 1. The molecule has 2 N–H and O–H groups in total. The number of hydrogen-bond acceptors (Lipinski definition) is 3. The van der Waals surface area contributed by atoms with Gasteiger partial charge in [0.2, 0.25) is 5.91 Å². The Hall–Kier alpha value is -1.39. The summed E-state index contributed by atoms with van der Waals surface area (Å²) >= 11 is 0. The van der Waals surface area contributed by atoms with Crippen molar-refractivity contribution in [2.24, 2.45) is 0 Å². The predicted octanol–water partition coefficient (Wildman–Crippen LogP) is 1.88. The number of likely N-dealkylation sites (N-methyl/N-ethyl adjacent to an activating group) is 1. The van der Waals surface area contributed by atoms with E-state index < -0.39 is 0 Å². The highest BCUT2D eigenvalue weighted by molar-refractivity contribution is 5.83. The summed E-state index contributed by atoms with van der Waals surface area (Å²) in [6.45, 7) is 2.92. The Morgan fingerprint density at radius 2 is 1.85 bits per heavy atom. The van der Waals surface area contributed by atoms with Crippen molar-refractivity contribution in [3.63, 3.8) is 0 Å². The zero-order valence-corrected chi connectivity index (χ0v) is 12.7. The molecule has 4 nitrogen and oxygen atoms in total. The minimum Gasteiger partial charge on any atom is -0.396 e. The highest BCUT2D eigenvalue weighted by atomic mass is 16.2. The molecule has 0 saturated carbocycles. The van der Waals surface area contributed by atoms with Crippen LogP contribution in [0.5, 0.6) is 0 Å². The van der Waals surface area contributed by atoms with Gasteiger partial charge in [-0.15, -0.1) is 0 Å². The normalized spacial score (nSPS) is 12.4. The molecule has 1 aromatic rings. The first-order valence-electron chi connectivity index (χ1n) is 7.18. The minimum absolute atomic E-state index is 0.0304. The van der Waals surface area contributed by atoms with E-state index in [4.69, 9.17) is 5.11 Å². The van der Waals surface area contributed by atoms with E-state index in [1.165, 1.54) is 5.56 Å². The molecule has 0 aliphatic carbocycles. The van der Waals surface area contributed by atoms with Crippen LogP contribution < -0.4 is 5.32 Å². The van der Waals surface area contributed by atoms with Crippen LogP contribution in [0, 0.1) is 6.92 Å². The van der Waals surface area contributed by atoms with E-state index in [9.17, 15) is 4.79 Å². The van der Waals surface area contributed by atoms with E-state index in [2.05, 4.69) is 5.32 Å². The number of amides is 1. The second-order valence-electron chi connectivity index (χ2n) is 5.35. The zero-order chi connectivity index (χ0) is 15.0. The van der Waals surface area contributed by atoms with Gasteiger partial charge in [0.1, 0.15) is 6.04 Å². The van der Waals surface area contributed by atoms with Gasteiger partial charge in [0.05, 0.1) is 0 Å². The molecule has 20 heavy (non-hydrogen) atoms. The lowest BCUT2D eigenvalue weighted by Gasteiger charge is -2.24. The van der Waals surface area contributed by atoms with E-state index >= 15 is 0 Å². The third-order valence-electron chi connectivity index (χ3n) is 3.29. The Labute approximate surface area is 121 Å². The molecule has 1 rings (SSSR count). The first kappa shape index (κ1) is 16.7. The Bertz CT molecular complexity index is 401. The SMILES string of the molecule is Cc1ccc([C@@H](C(=O)NCCCCCO)N(C)C)cc1. The van der Waals surface area contributed by atoms with E-state index in [1.54, 1.807) is 0 Å². The van der Waals surface area contributed by atoms with Crippen LogP contribution in [-0.2, 0) is 4.79 Å². The largest absolute Gasteiger partial charge is 0.396 e. The molecule has 1 aromatic carbocycles. The summed E-state index contributed by atoms with van der Waals surface area (Å²) in [5, 5.41) is 11.7. The van der Waals surface area contributed by atoms with Gasteiger partial charge in [-0.1, -0.05) is 29.8 Å². The van der Waals surface area contributed by atoms with E-state index in [0.717, 1.165) is 24.8 Å². The van der Waals surface area contributed by atoms with Crippen LogP contribution in [0.2, 0.25) is 0 Å². The van der Waals surface area contributed by atoms with E-state index in [-0.39, 0.29) is 18.6 Å². The maximum Gasteiger partial charge on any atom is 0.241 e. The fourth-order valence-corrected chi connectivity index (χ4v) is 2.15. The smallest absolute Gasteiger partial charge is 0.241 e. The van der Waals surface area contributed by atoms with Gasteiger partial charge in [-0.25, -0.2) is 0 Å². The van der Waals surface area contributed by atoms with Crippen LogP contribution in [0.15, 0.2) is 24.3 Å². The molecule has 0 spiro atoms. The van der Waals surface area contributed by atoms with Crippen molar-refractivity contribution in [3.05, 3.63) is 35.4 Å². The Kier molecular flexibility index (Phi) is 7.26. The van der Waals surface area contributed by atoms with Crippen LogP contribution in [0.25, 0.3) is 0 Å². The van der Waals surface area contributed by atoms with Gasteiger partial charge in [0.15, 0.2) is 0 Å². The molecular formula is C16H26N2O2. The lowest BCUT2D eigenvalue weighted by Crippen LogP contribution is -2.37. The molecular weight excluding hydrogens is 252 g/mol. The quantitative estimate of drug-likeness (QED) is 0.714. The van der Waals surface area contributed by atoms with Crippen molar-refractivity contribution in [2.75, 3.05) is 27.2 Å². The van der Waals surface area contributed by atoms with Gasteiger partial charge in [0.25, 0.3) is 0 Å². The average molecular weight is 278 g/mol. The fourth-order valence-electron chi connectivity index (χ4n) is 2.15. The molecule has 1 amide bonds. The van der Waals surface area contributed by atoms with Crippen molar-refractivity contribution in [1.82, 2.24) is 10.2 Å². The van der Waals surface area contributed by atoms with Crippen LogP contribution >= 0.6 is 0 Å². The number of carbonyl (C=O) groups is 1. The van der Waals surface area contributed by atoms with E-state index in [0.29, 0.717) is 6.54 Å². The third kappa shape index (κ3) is 5.31. The standard InChI is InChI=1S/C16H26N2O2/c1-13-7-9-14(10-8-13)15(18(2)3)16(20)17-11-5-4-6-12-19/h7-10,15,19H,4-6,11-12H2,1-3H3,(H,17,20)/t15-/m0/s1. The maximum atomic E-state index is 12.3. The number of nitrogens with zero attached hydrogens (tertiary/aromatic N) is 1. The Morgan fingerprint density at radius 3 is 2.40 bits per heavy atom. The molecule has 1 atom stereocenters. The summed E-state index contributed by atoms with van der Waals surface area (Å²) in [5.74, 6) is 0.0304.